The number of aromatic nitrogens is 1. The maximum Gasteiger partial charge on any atom is 0.290 e. The van der Waals surface area contributed by atoms with E-state index in [0.717, 1.165) is 6.42 Å². The standard InChI is InChI=1S/C11H17N3O3/c1-3-16-8-5-7(12)10(8)13-11(15)9-4-6(2)14-17-9/h4,7-8,10H,3,5,12H2,1-2H3,(H,13,15). The molecule has 3 atom stereocenters. The van der Waals surface area contributed by atoms with Gasteiger partial charge in [-0.3, -0.25) is 4.79 Å². The van der Waals surface area contributed by atoms with Gasteiger partial charge in [0, 0.05) is 18.7 Å². The third kappa shape index (κ3) is 2.48. The number of hydrogen-bond acceptors (Lipinski definition) is 5. The van der Waals surface area contributed by atoms with E-state index >= 15 is 0 Å². The quantitative estimate of drug-likeness (QED) is 0.784. The second-order valence-electron chi connectivity index (χ2n) is 4.23. The van der Waals surface area contributed by atoms with E-state index in [9.17, 15) is 4.79 Å². The van der Waals surface area contributed by atoms with E-state index in [4.69, 9.17) is 15.0 Å². The smallest absolute Gasteiger partial charge is 0.290 e. The molecule has 0 bridgehead atoms. The summed E-state index contributed by atoms with van der Waals surface area (Å²) in [4.78, 5) is 11.8. The first-order valence-corrected chi connectivity index (χ1v) is 5.73. The van der Waals surface area contributed by atoms with E-state index in [1.807, 2.05) is 6.92 Å². The van der Waals surface area contributed by atoms with Crippen molar-refractivity contribution < 1.29 is 14.1 Å². The molecule has 0 aliphatic heterocycles. The first-order valence-electron chi connectivity index (χ1n) is 5.73. The van der Waals surface area contributed by atoms with E-state index in [-0.39, 0.29) is 29.9 Å². The van der Waals surface area contributed by atoms with Gasteiger partial charge in [0.1, 0.15) is 0 Å². The lowest BCUT2D eigenvalue weighted by molar-refractivity contribution is -0.0303. The predicted octanol–water partition coefficient (Wildman–Crippen LogP) is 0.218. The second kappa shape index (κ2) is 4.85. The van der Waals surface area contributed by atoms with Crippen molar-refractivity contribution in [2.45, 2.75) is 38.5 Å². The van der Waals surface area contributed by atoms with Crippen LogP contribution in [0.25, 0.3) is 0 Å². The number of nitrogens with one attached hydrogen (secondary N) is 1. The number of aryl methyl sites for hydroxylation is 1. The fourth-order valence-corrected chi connectivity index (χ4v) is 1.92. The van der Waals surface area contributed by atoms with Gasteiger partial charge in [-0.2, -0.15) is 0 Å². The molecular formula is C11H17N3O3. The number of amides is 1. The lowest BCUT2D eigenvalue weighted by Crippen LogP contribution is -2.64. The molecule has 0 saturated heterocycles. The van der Waals surface area contributed by atoms with Gasteiger partial charge in [-0.15, -0.1) is 0 Å². The first kappa shape index (κ1) is 12.1. The summed E-state index contributed by atoms with van der Waals surface area (Å²) in [5.41, 5.74) is 6.51. The van der Waals surface area contributed by atoms with Gasteiger partial charge >= 0.3 is 0 Å². The van der Waals surface area contributed by atoms with Crippen molar-refractivity contribution in [2.75, 3.05) is 6.61 Å². The highest BCUT2D eigenvalue weighted by Crippen LogP contribution is 2.22. The summed E-state index contributed by atoms with van der Waals surface area (Å²) >= 11 is 0. The molecule has 1 aliphatic carbocycles. The van der Waals surface area contributed by atoms with Gasteiger partial charge in [0.15, 0.2) is 0 Å². The number of carbonyl (C=O) groups is 1. The minimum atomic E-state index is -0.296. The Bertz CT molecular complexity index is 402. The third-order valence-electron chi connectivity index (χ3n) is 2.90. The zero-order valence-electron chi connectivity index (χ0n) is 9.97. The summed E-state index contributed by atoms with van der Waals surface area (Å²) in [5, 5.41) is 6.47. The highest BCUT2D eigenvalue weighted by atomic mass is 16.5. The molecule has 2 rings (SSSR count). The molecule has 1 aliphatic rings. The summed E-state index contributed by atoms with van der Waals surface area (Å²) in [6, 6.07) is 1.39. The Kier molecular flexibility index (Phi) is 3.44. The second-order valence-corrected chi connectivity index (χ2v) is 4.23. The van der Waals surface area contributed by atoms with E-state index < -0.39 is 0 Å². The Hall–Kier alpha value is -1.40. The van der Waals surface area contributed by atoms with Gasteiger partial charge in [-0.1, -0.05) is 5.16 Å². The summed E-state index contributed by atoms with van der Waals surface area (Å²) in [6.07, 6.45) is 0.775. The number of hydrogen-bond donors (Lipinski definition) is 2. The van der Waals surface area contributed by atoms with Crippen LogP contribution in [0.5, 0.6) is 0 Å². The van der Waals surface area contributed by atoms with Crippen molar-refractivity contribution in [2.24, 2.45) is 5.73 Å². The highest BCUT2D eigenvalue weighted by molar-refractivity contribution is 5.91. The molecule has 3 N–H and O–H groups in total. The number of nitrogens with two attached hydrogens (primary N) is 1. The molecule has 0 spiro atoms. The Morgan fingerprint density at radius 2 is 2.53 bits per heavy atom. The molecule has 6 heteroatoms. The molecular weight excluding hydrogens is 222 g/mol. The molecule has 0 aromatic carbocycles. The van der Waals surface area contributed by atoms with Crippen LogP contribution in [0.15, 0.2) is 10.6 Å². The van der Waals surface area contributed by atoms with Crippen LogP contribution in [0.4, 0.5) is 0 Å². The van der Waals surface area contributed by atoms with Crippen molar-refractivity contribution >= 4 is 5.91 Å². The minimum Gasteiger partial charge on any atom is -0.376 e. The van der Waals surface area contributed by atoms with Gasteiger partial charge in [0.05, 0.1) is 17.8 Å². The molecule has 0 radical (unpaired) electrons. The fourth-order valence-electron chi connectivity index (χ4n) is 1.92. The van der Waals surface area contributed by atoms with Gasteiger partial charge in [0.2, 0.25) is 5.76 Å². The summed E-state index contributed by atoms with van der Waals surface area (Å²) in [5.74, 6) is -0.0905. The first-order chi connectivity index (χ1) is 8.11. The monoisotopic (exact) mass is 239 g/mol. The molecule has 6 nitrogen and oxygen atoms in total. The minimum absolute atomic E-state index is 0.00275. The average molecular weight is 239 g/mol. The number of nitrogens with zero attached hydrogens (tertiary/aromatic N) is 1. The van der Waals surface area contributed by atoms with Crippen LogP contribution < -0.4 is 11.1 Å². The van der Waals surface area contributed by atoms with Crippen molar-refractivity contribution in [3.8, 4) is 0 Å². The Morgan fingerprint density at radius 3 is 3.06 bits per heavy atom. The van der Waals surface area contributed by atoms with Gasteiger partial charge < -0.3 is 20.3 Å². The van der Waals surface area contributed by atoms with Crippen LogP contribution in [0.1, 0.15) is 29.6 Å². The largest absolute Gasteiger partial charge is 0.376 e. The molecule has 94 valence electrons. The summed E-state index contributed by atoms with van der Waals surface area (Å²) in [7, 11) is 0. The lowest BCUT2D eigenvalue weighted by atomic mass is 9.83. The molecule has 3 unspecified atom stereocenters. The average Bonchev–Trinajstić information content (AvgIpc) is 2.72. The van der Waals surface area contributed by atoms with Crippen LogP contribution in [0, 0.1) is 6.92 Å². The Labute approximate surface area is 99.5 Å². The van der Waals surface area contributed by atoms with Crippen molar-refractivity contribution in [1.29, 1.82) is 0 Å². The normalized spacial score (nSPS) is 27.6. The lowest BCUT2D eigenvalue weighted by Gasteiger charge is -2.42. The van der Waals surface area contributed by atoms with Crippen LogP contribution in [0.3, 0.4) is 0 Å². The number of carbonyl (C=O) groups excluding carboxylic acids is 1. The predicted molar refractivity (Wildman–Crippen MR) is 60.5 cm³/mol. The topological polar surface area (TPSA) is 90.4 Å². The molecule has 1 saturated carbocycles. The zero-order chi connectivity index (χ0) is 12.4. The number of ether oxygens (including phenoxy) is 1. The maximum absolute atomic E-state index is 11.8. The van der Waals surface area contributed by atoms with Crippen LogP contribution in [-0.2, 0) is 4.74 Å². The van der Waals surface area contributed by atoms with Crippen LogP contribution >= 0.6 is 0 Å². The van der Waals surface area contributed by atoms with E-state index in [1.54, 1.807) is 13.0 Å². The van der Waals surface area contributed by atoms with Crippen LogP contribution in [-0.4, -0.2) is 35.9 Å². The van der Waals surface area contributed by atoms with Crippen molar-refractivity contribution in [3.63, 3.8) is 0 Å². The van der Waals surface area contributed by atoms with Crippen LogP contribution in [0.2, 0.25) is 0 Å². The fraction of sp³-hybridized carbons (Fsp3) is 0.636. The van der Waals surface area contributed by atoms with E-state index in [1.165, 1.54) is 0 Å². The molecule has 1 fully saturated rings. The molecule has 1 aromatic heterocycles. The van der Waals surface area contributed by atoms with Crippen molar-refractivity contribution in [3.05, 3.63) is 17.5 Å². The zero-order valence-corrected chi connectivity index (χ0v) is 9.97. The molecule has 17 heavy (non-hydrogen) atoms. The Balaban J connectivity index is 1.94. The number of rotatable bonds is 4. The Morgan fingerprint density at radius 1 is 1.76 bits per heavy atom. The maximum atomic E-state index is 11.8. The molecule has 1 heterocycles. The van der Waals surface area contributed by atoms with Gasteiger partial charge in [0.25, 0.3) is 5.91 Å². The van der Waals surface area contributed by atoms with Gasteiger partial charge in [-0.05, 0) is 20.3 Å². The summed E-state index contributed by atoms with van der Waals surface area (Å²) in [6.45, 7) is 4.30. The molecule has 1 amide bonds. The van der Waals surface area contributed by atoms with E-state index in [0.29, 0.717) is 12.3 Å². The molecule has 1 aromatic rings. The SMILES string of the molecule is CCOC1CC(N)C1NC(=O)c1cc(C)no1. The van der Waals surface area contributed by atoms with E-state index in [2.05, 4.69) is 10.5 Å². The summed E-state index contributed by atoms with van der Waals surface area (Å²) < 4.78 is 10.3. The van der Waals surface area contributed by atoms with Crippen molar-refractivity contribution in [1.82, 2.24) is 10.5 Å². The highest BCUT2D eigenvalue weighted by Gasteiger charge is 2.40. The van der Waals surface area contributed by atoms with Gasteiger partial charge in [-0.25, -0.2) is 0 Å². The third-order valence-corrected chi connectivity index (χ3v) is 2.90.